The smallest absolute Gasteiger partial charge is 0.223 e. The number of piperazine rings is 1. The predicted octanol–water partition coefficient (Wildman–Crippen LogP) is 0.609. The number of terminal acetylenes is 1. The van der Waals surface area contributed by atoms with Crippen molar-refractivity contribution in [3.63, 3.8) is 0 Å². The molecule has 1 rings (SSSR count). The van der Waals surface area contributed by atoms with Gasteiger partial charge in [0.25, 0.3) is 0 Å². The van der Waals surface area contributed by atoms with Crippen LogP contribution in [-0.4, -0.2) is 36.0 Å². The summed E-state index contributed by atoms with van der Waals surface area (Å²) < 4.78 is 0. The number of rotatable bonds is 2. The van der Waals surface area contributed by atoms with E-state index in [2.05, 4.69) is 25.1 Å². The molecule has 0 aliphatic carbocycles. The van der Waals surface area contributed by atoms with E-state index >= 15 is 0 Å². The highest BCUT2D eigenvalue weighted by molar-refractivity contribution is 5.77. The lowest BCUT2D eigenvalue weighted by Gasteiger charge is -2.38. The van der Waals surface area contributed by atoms with Crippen molar-refractivity contribution in [1.29, 1.82) is 0 Å². The van der Waals surface area contributed by atoms with Crippen LogP contribution in [0.2, 0.25) is 0 Å². The van der Waals surface area contributed by atoms with Gasteiger partial charge in [-0.2, -0.15) is 0 Å². The molecule has 1 saturated heterocycles. The molecular formula is C11H18N2O. The fourth-order valence-corrected chi connectivity index (χ4v) is 1.73. The Kier molecular flexibility index (Phi) is 3.97. The molecule has 1 heterocycles. The zero-order valence-electron chi connectivity index (χ0n) is 8.92. The van der Waals surface area contributed by atoms with E-state index in [1.807, 2.05) is 4.90 Å². The lowest BCUT2D eigenvalue weighted by atomic mass is 10.1. The second-order valence-corrected chi connectivity index (χ2v) is 3.77. The highest BCUT2D eigenvalue weighted by atomic mass is 16.2. The maximum absolute atomic E-state index is 11.7. The van der Waals surface area contributed by atoms with Crippen molar-refractivity contribution in [3.8, 4) is 12.3 Å². The molecular weight excluding hydrogens is 176 g/mol. The summed E-state index contributed by atoms with van der Waals surface area (Å²) in [6, 6.07) is 0.646. The van der Waals surface area contributed by atoms with Crippen LogP contribution in [0.3, 0.4) is 0 Å². The summed E-state index contributed by atoms with van der Waals surface area (Å²) in [5, 5.41) is 3.34. The fraction of sp³-hybridized carbons (Fsp3) is 0.727. The first kappa shape index (κ1) is 11.1. The van der Waals surface area contributed by atoms with Crippen LogP contribution in [0.4, 0.5) is 0 Å². The number of nitrogens with one attached hydrogen (secondary N) is 1. The van der Waals surface area contributed by atoms with Gasteiger partial charge in [0, 0.05) is 38.0 Å². The van der Waals surface area contributed by atoms with E-state index in [-0.39, 0.29) is 11.9 Å². The lowest BCUT2D eigenvalue weighted by molar-refractivity contribution is -0.134. The summed E-state index contributed by atoms with van der Waals surface area (Å²) >= 11 is 0. The summed E-state index contributed by atoms with van der Waals surface area (Å²) in [6.07, 6.45) is 6.16. The minimum Gasteiger partial charge on any atom is -0.337 e. The van der Waals surface area contributed by atoms with Gasteiger partial charge < -0.3 is 10.2 Å². The van der Waals surface area contributed by atoms with E-state index < -0.39 is 0 Å². The molecule has 3 heteroatoms. The van der Waals surface area contributed by atoms with Crippen LogP contribution in [0.15, 0.2) is 0 Å². The Balaban J connectivity index is 2.49. The largest absolute Gasteiger partial charge is 0.337 e. The first-order valence-corrected chi connectivity index (χ1v) is 5.13. The summed E-state index contributed by atoms with van der Waals surface area (Å²) in [4.78, 5) is 13.6. The van der Waals surface area contributed by atoms with Crippen molar-refractivity contribution >= 4 is 5.91 Å². The van der Waals surface area contributed by atoms with E-state index in [0.29, 0.717) is 18.9 Å². The highest BCUT2D eigenvalue weighted by Gasteiger charge is 2.27. The minimum atomic E-state index is 0.184. The van der Waals surface area contributed by atoms with E-state index in [0.717, 1.165) is 13.1 Å². The van der Waals surface area contributed by atoms with Crippen molar-refractivity contribution < 1.29 is 4.79 Å². The standard InChI is InChI=1S/C11H18N2O/c1-4-5-6-11(14)13-8-7-12-9(2)10(13)3/h1,9-10,12H,5-8H2,2-3H3. The third kappa shape index (κ3) is 2.49. The van der Waals surface area contributed by atoms with Gasteiger partial charge in [-0.25, -0.2) is 0 Å². The molecule has 1 N–H and O–H groups in total. The number of carbonyl (C=O) groups excluding carboxylic acids is 1. The molecule has 0 saturated carbocycles. The zero-order chi connectivity index (χ0) is 10.6. The van der Waals surface area contributed by atoms with Crippen molar-refractivity contribution in [2.45, 2.75) is 38.8 Å². The number of amides is 1. The second kappa shape index (κ2) is 5.02. The molecule has 0 aromatic heterocycles. The van der Waals surface area contributed by atoms with Gasteiger partial charge in [-0.15, -0.1) is 12.3 Å². The SMILES string of the molecule is C#CCCC(=O)N1CCNC(C)C1C. The Hall–Kier alpha value is -1.01. The molecule has 0 aromatic rings. The summed E-state index contributed by atoms with van der Waals surface area (Å²) in [5.74, 6) is 2.68. The third-order valence-corrected chi connectivity index (χ3v) is 2.84. The van der Waals surface area contributed by atoms with Gasteiger partial charge in [-0.3, -0.25) is 4.79 Å². The van der Waals surface area contributed by atoms with Crippen molar-refractivity contribution in [3.05, 3.63) is 0 Å². The molecule has 1 aliphatic rings. The molecule has 14 heavy (non-hydrogen) atoms. The van der Waals surface area contributed by atoms with Gasteiger partial charge in [-0.1, -0.05) is 0 Å². The Bertz CT molecular complexity index is 244. The third-order valence-electron chi connectivity index (χ3n) is 2.84. The van der Waals surface area contributed by atoms with E-state index in [4.69, 9.17) is 6.42 Å². The van der Waals surface area contributed by atoms with Gasteiger partial charge in [0.05, 0.1) is 0 Å². The molecule has 0 radical (unpaired) electrons. The van der Waals surface area contributed by atoms with Gasteiger partial charge in [0.15, 0.2) is 0 Å². The van der Waals surface area contributed by atoms with Crippen molar-refractivity contribution in [2.75, 3.05) is 13.1 Å². The van der Waals surface area contributed by atoms with Gasteiger partial charge in [0.1, 0.15) is 0 Å². The van der Waals surface area contributed by atoms with Crippen LogP contribution in [0, 0.1) is 12.3 Å². The normalized spacial score (nSPS) is 27.1. The van der Waals surface area contributed by atoms with E-state index in [1.54, 1.807) is 0 Å². The molecule has 1 aliphatic heterocycles. The molecule has 0 bridgehead atoms. The fourth-order valence-electron chi connectivity index (χ4n) is 1.73. The van der Waals surface area contributed by atoms with Crippen LogP contribution < -0.4 is 5.32 Å². The molecule has 0 spiro atoms. The topological polar surface area (TPSA) is 32.3 Å². The zero-order valence-corrected chi connectivity index (χ0v) is 8.92. The first-order chi connectivity index (χ1) is 6.66. The quantitative estimate of drug-likeness (QED) is 0.653. The molecule has 3 nitrogen and oxygen atoms in total. The van der Waals surface area contributed by atoms with Crippen molar-refractivity contribution in [1.82, 2.24) is 10.2 Å². The van der Waals surface area contributed by atoms with Crippen LogP contribution >= 0.6 is 0 Å². The highest BCUT2D eigenvalue weighted by Crippen LogP contribution is 2.10. The van der Waals surface area contributed by atoms with Crippen LogP contribution in [0.5, 0.6) is 0 Å². The van der Waals surface area contributed by atoms with E-state index in [9.17, 15) is 4.79 Å². The molecule has 1 fully saturated rings. The van der Waals surface area contributed by atoms with E-state index in [1.165, 1.54) is 0 Å². The lowest BCUT2D eigenvalue weighted by Crippen LogP contribution is -2.57. The summed E-state index contributed by atoms with van der Waals surface area (Å²) in [7, 11) is 0. The predicted molar refractivity (Wildman–Crippen MR) is 56.7 cm³/mol. The number of carbonyl (C=O) groups is 1. The molecule has 2 atom stereocenters. The maximum Gasteiger partial charge on any atom is 0.223 e. The number of nitrogens with zero attached hydrogens (tertiary/aromatic N) is 1. The average molecular weight is 194 g/mol. The van der Waals surface area contributed by atoms with Gasteiger partial charge in [0.2, 0.25) is 5.91 Å². The Labute approximate surface area is 85.9 Å². The Morgan fingerprint density at radius 3 is 3.00 bits per heavy atom. The maximum atomic E-state index is 11.7. The summed E-state index contributed by atoms with van der Waals surface area (Å²) in [6.45, 7) is 5.86. The second-order valence-electron chi connectivity index (χ2n) is 3.77. The van der Waals surface area contributed by atoms with Gasteiger partial charge in [-0.05, 0) is 13.8 Å². The first-order valence-electron chi connectivity index (χ1n) is 5.13. The Morgan fingerprint density at radius 1 is 1.64 bits per heavy atom. The van der Waals surface area contributed by atoms with Crippen LogP contribution in [-0.2, 0) is 4.79 Å². The Morgan fingerprint density at radius 2 is 2.36 bits per heavy atom. The van der Waals surface area contributed by atoms with Crippen molar-refractivity contribution in [2.24, 2.45) is 0 Å². The van der Waals surface area contributed by atoms with Gasteiger partial charge >= 0.3 is 0 Å². The molecule has 0 aromatic carbocycles. The minimum absolute atomic E-state index is 0.184. The van der Waals surface area contributed by atoms with Crippen LogP contribution in [0.1, 0.15) is 26.7 Å². The average Bonchev–Trinajstić information content (AvgIpc) is 2.18. The number of hydrogen-bond acceptors (Lipinski definition) is 2. The molecule has 1 amide bonds. The summed E-state index contributed by atoms with van der Waals surface area (Å²) in [5.41, 5.74) is 0. The monoisotopic (exact) mass is 194 g/mol. The molecule has 2 unspecified atom stereocenters. The number of hydrogen-bond donors (Lipinski definition) is 1. The molecule has 78 valence electrons. The van der Waals surface area contributed by atoms with Crippen LogP contribution in [0.25, 0.3) is 0 Å².